The summed E-state index contributed by atoms with van der Waals surface area (Å²) in [4.78, 5) is 36.7. The maximum atomic E-state index is 12.1. The van der Waals surface area contributed by atoms with Crippen molar-refractivity contribution in [2.24, 2.45) is 14.1 Å². The standard InChI is InChI=1S/C11H18N4O4/c1-6-19-11(18)13(3)7-8(12-2)14(4)10(17)15(5)9(7)16/h12H,6H2,1-5H3. The van der Waals surface area contributed by atoms with Crippen molar-refractivity contribution in [1.29, 1.82) is 0 Å². The zero-order valence-corrected chi connectivity index (χ0v) is 11.7. The van der Waals surface area contributed by atoms with Gasteiger partial charge in [0.25, 0.3) is 5.56 Å². The predicted molar refractivity (Wildman–Crippen MR) is 71.9 cm³/mol. The third kappa shape index (κ3) is 2.47. The van der Waals surface area contributed by atoms with E-state index in [-0.39, 0.29) is 18.1 Å². The molecule has 0 aliphatic carbocycles. The van der Waals surface area contributed by atoms with Gasteiger partial charge in [0.1, 0.15) is 5.82 Å². The molecule has 1 aromatic heterocycles. The Labute approximate surface area is 110 Å². The maximum Gasteiger partial charge on any atom is 0.414 e. The lowest BCUT2D eigenvalue weighted by Crippen LogP contribution is -2.43. The lowest BCUT2D eigenvalue weighted by molar-refractivity contribution is 0.161. The molecule has 1 rings (SSSR count). The number of ether oxygens (including phenoxy) is 1. The number of rotatable bonds is 3. The summed E-state index contributed by atoms with van der Waals surface area (Å²) in [5.74, 6) is 0.253. The van der Waals surface area contributed by atoms with Crippen LogP contribution < -0.4 is 21.5 Å². The first-order chi connectivity index (χ1) is 8.86. The highest BCUT2D eigenvalue weighted by Crippen LogP contribution is 2.18. The van der Waals surface area contributed by atoms with E-state index < -0.39 is 17.3 Å². The van der Waals surface area contributed by atoms with Gasteiger partial charge in [-0.1, -0.05) is 0 Å². The Bertz CT molecular complexity index is 602. The van der Waals surface area contributed by atoms with Gasteiger partial charge >= 0.3 is 11.8 Å². The number of carbonyl (C=O) groups is 1. The fourth-order valence-electron chi connectivity index (χ4n) is 1.73. The second kappa shape index (κ2) is 5.59. The molecule has 1 amide bonds. The van der Waals surface area contributed by atoms with Gasteiger partial charge in [0, 0.05) is 28.2 Å². The molecule has 0 bridgehead atoms. The van der Waals surface area contributed by atoms with Gasteiger partial charge in [-0.05, 0) is 6.92 Å². The zero-order valence-electron chi connectivity index (χ0n) is 11.7. The Morgan fingerprint density at radius 3 is 2.37 bits per heavy atom. The Kier molecular flexibility index (Phi) is 4.36. The lowest BCUT2D eigenvalue weighted by Gasteiger charge is -2.21. The highest BCUT2D eigenvalue weighted by molar-refractivity contribution is 5.90. The van der Waals surface area contributed by atoms with Crippen molar-refractivity contribution in [3.8, 4) is 0 Å². The number of amides is 1. The zero-order chi connectivity index (χ0) is 14.7. The summed E-state index contributed by atoms with van der Waals surface area (Å²) in [5, 5.41) is 2.75. The predicted octanol–water partition coefficient (Wildman–Crippen LogP) is -0.282. The molecule has 0 unspecified atom stereocenters. The molecule has 0 spiro atoms. The van der Waals surface area contributed by atoms with Gasteiger partial charge in [-0.15, -0.1) is 0 Å². The minimum absolute atomic E-state index is 0.0607. The molecule has 0 aliphatic heterocycles. The summed E-state index contributed by atoms with van der Waals surface area (Å²) >= 11 is 0. The van der Waals surface area contributed by atoms with Gasteiger partial charge in [0.05, 0.1) is 6.61 Å². The summed E-state index contributed by atoms with van der Waals surface area (Å²) in [7, 11) is 5.85. The van der Waals surface area contributed by atoms with Gasteiger partial charge in [0.15, 0.2) is 5.69 Å². The van der Waals surface area contributed by atoms with Crippen molar-refractivity contribution in [3.63, 3.8) is 0 Å². The Morgan fingerprint density at radius 1 is 1.32 bits per heavy atom. The molecule has 0 radical (unpaired) electrons. The highest BCUT2D eigenvalue weighted by Gasteiger charge is 2.23. The molecule has 0 saturated carbocycles. The largest absolute Gasteiger partial charge is 0.449 e. The van der Waals surface area contributed by atoms with E-state index in [9.17, 15) is 14.4 Å². The number of anilines is 2. The molecule has 0 fully saturated rings. The van der Waals surface area contributed by atoms with Crippen LogP contribution >= 0.6 is 0 Å². The summed E-state index contributed by atoms with van der Waals surface area (Å²) in [6, 6.07) is 0. The van der Waals surface area contributed by atoms with Gasteiger partial charge in [-0.2, -0.15) is 0 Å². The first-order valence-electron chi connectivity index (χ1n) is 5.75. The Hall–Kier alpha value is -2.25. The van der Waals surface area contributed by atoms with Crippen LogP contribution in [0.25, 0.3) is 0 Å². The fourth-order valence-corrected chi connectivity index (χ4v) is 1.73. The van der Waals surface area contributed by atoms with E-state index in [0.717, 1.165) is 9.47 Å². The summed E-state index contributed by atoms with van der Waals surface area (Å²) in [5.41, 5.74) is -0.982. The highest BCUT2D eigenvalue weighted by atomic mass is 16.6. The molecule has 1 aromatic rings. The van der Waals surface area contributed by atoms with Crippen molar-refractivity contribution < 1.29 is 9.53 Å². The second-order valence-corrected chi connectivity index (χ2v) is 3.91. The van der Waals surface area contributed by atoms with E-state index in [2.05, 4.69) is 5.32 Å². The number of hydrogen-bond donors (Lipinski definition) is 1. The van der Waals surface area contributed by atoms with E-state index >= 15 is 0 Å². The number of hydrogen-bond acceptors (Lipinski definition) is 5. The Balaban J connectivity index is 3.55. The van der Waals surface area contributed by atoms with E-state index in [1.165, 1.54) is 25.7 Å². The lowest BCUT2D eigenvalue weighted by atomic mass is 10.4. The average molecular weight is 270 g/mol. The van der Waals surface area contributed by atoms with Crippen LogP contribution in [-0.2, 0) is 18.8 Å². The Morgan fingerprint density at radius 2 is 1.89 bits per heavy atom. The van der Waals surface area contributed by atoms with Gasteiger partial charge in [0.2, 0.25) is 0 Å². The van der Waals surface area contributed by atoms with E-state index in [0.29, 0.717) is 0 Å². The molecule has 8 nitrogen and oxygen atoms in total. The number of carbonyl (C=O) groups excluding carboxylic acids is 1. The number of aromatic nitrogens is 2. The molecule has 106 valence electrons. The normalized spacial score (nSPS) is 10.2. The van der Waals surface area contributed by atoms with Crippen molar-refractivity contribution in [3.05, 3.63) is 20.8 Å². The minimum Gasteiger partial charge on any atom is -0.449 e. The van der Waals surface area contributed by atoms with Crippen LogP contribution in [0, 0.1) is 0 Å². The van der Waals surface area contributed by atoms with Gasteiger partial charge in [-0.25, -0.2) is 9.59 Å². The van der Waals surface area contributed by atoms with Gasteiger partial charge in [-0.3, -0.25) is 18.8 Å². The van der Waals surface area contributed by atoms with Crippen LogP contribution in [0.4, 0.5) is 16.3 Å². The molecule has 0 saturated heterocycles. The van der Waals surface area contributed by atoms with Crippen molar-refractivity contribution in [2.75, 3.05) is 30.9 Å². The molecule has 8 heteroatoms. The van der Waals surface area contributed by atoms with Crippen molar-refractivity contribution in [2.45, 2.75) is 6.92 Å². The molecular weight excluding hydrogens is 252 g/mol. The van der Waals surface area contributed by atoms with Crippen LogP contribution in [0.5, 0.6) is 0 Å². The van der Waals surface area contributed by atoms with Crippen LogP contribution in [0.2, 0.25) is 0 Å². The molecule has 0 aliphatic rings. The number of nitrogens with zero attached hydrogens (tertiary/aromatic N) is 3. The van der Waals surface area contributed by atoms with Crippen LogP contribution in [0.15, 0.2) is 9.59 Å². The van der Waals surface area contributed by atoms with Crippen LogP contribution in [0.3, 0.4) is 0 Å². The third-order valence-electron chi connectivity index (χ3n) is 2.75. The average Bonchev–Trinajstić information content (AvgIpc) is 2.39. The van der Waals surface area contributed by atoms with Crippen LogP contribution in [0.1, 0.15) is 6.92 Å². The molecule has 0 atom stereocenters. The van der Waals surface area contributed by atoms with Crippen molar-refractivity contribution >= 4 is 17.6 Å². The van der Waals surface area contributed by atoms with E-state index in [1.807, 2.05) is 0 Å². The molecular formula is C11H18N4O4. The third-order valence-corrected chi connectivity index (χ3v) is 2.75. The SMILES string of the molecule is CCOC(=O)N(C)c1c(NC)n(C)c(=O)n(C)c1=O. The second-order valence-electron chi connectivity index (χ2n) is 3.91. The smallest absolute Gasteiger partial charge is 0.414 e. The summed E-state index contributed by atoms with van der Waals surface area (Å²) in [6.07, 6.45) is -0.658. The first-order valence-corrected chi connectivity index (χ1v) is 5.75. The first kappa shape index (κ1) is 14.8. The summed E-state index contributed by atoms with van der Waals surface area (Å²) in [6.45, 7) is 1.87. The molecule has 19 heavy (non-hydrogen) atoms. The summed E-state index contributed by atoms with van der Waals surface area (Å²) < 4.78 is 7.04. The number of nitrogens with one attached hydrogen (secondary N) is 1. The van der Waals surface area contributed by atoms with Crippen LogP contribution in [-0.4, -0.2) is 35.9 Å². The monoisotopic (exact) mass is 270 g/mol. The van der Waals surface area contributed by atoms with E-state index in [4.69, 9.17) is 4.74 Å². The fraction of sp³-hybridized carbons (Fsp3) is 0.545. The van der Waals surface area contributed by atoms with E-state index in [1.54, 1.807) is 14.0 Å². The molecule has 0 aromatic carbocycles. The van der Waals surface area contributed by atoms with Gasteiger partial charge < -0.3 is 10.1 Å². The van der Waals surface area contributed by atoms with Crippen molar-refractivity contribution in [1.82, 2.24) is 9.13 Å². The molecule has 1 N–H and O–H groups in total. The minimum atomic E-state index is -0.658. The maximum absolute atomic E-state index is 12.1. The molecule has 1 heterocycles. The quantitative estimate of drug-likeness (QED) is 0.816. The topological polar surface area (TPSA) is 85.6 Å².